The zero-order chi connectivity index (χ0) is 17.4. The number of ether oxygens (including phenoxy) is 2. The predicted molar refractivity (Wildman–Crippen MR) is 94.7 cm³/mol. The number of piperazine rings is 1. The molecule has 24 heavy (non-hydrogen) atoms. The maximum Gasteiger partial charge on any atom is 0.223 e. The van der Waals surface area contributed by atoms with E-state index < -0.39 is 0 Å². The summed E-state index contributed by atoms with van der Waals surface area (Å²) >= 11 is 0. The monoisotopic (exact) mass is 335 g/mol. The molecule has 6 nitrogen and oxygen atoms in total. The summed E-state index contributed by atoms with van der Waals surface area (Å²) in [5, 5.41) is 6.37. The second-order valence-corrected chi connectivity index (χ2v) is 6.18. The van der Waals surface area contributed by atoms with Gasteiger partial charge in [-0.3, -0.25) is 9.69 Å². The van der Waals surface area contributed by atoms with Gasteiger partial charge in [0.25, 0.3) is 0 Å². The first-order valence-corrected chi connectivity index (χ1v) is 8.55. The van der Waals surface area contributed by atoms with Gasteiger partial charge in [-0.2, -0.15) is 0 Å². The molecule has 134 valence electrons. The van der Waals surface area contributed by atoms with Crippen molar-refractivity contribution in [1.82, 2.24) is 15.5 Å². The molecule has 1 amide bonds. The van der Waals surface area contributed by atoms with Crippen molar-refractivity contribution in [2.24, 2.45) is 5.92 Å². The third kappa shape index (κ3) is 5.39. The highest BCUT2D eigenvalue weighted by molar-refractivity contribution is 5.78. The third-order valence-corrected chi connectivity index (χ3v) is 4.37. The molecule has 0 radical (unpaired) electrons. The molecule has 1 saturated heterocycles. The van der Waals surface area contributed by atoms with E-state index >= 15 is 0 Å². The number of benzene rings is 1. The van der Waals surface area contributed by atoms with Gasteiger partial charge in [-0.1, -0.05) is 13.0 Å². The minimum absolute atomic E-state index is 0.0777. The van der Waals surface area contributed by atoms with E-state index in [-0.39, 0.29) is 11.8 Å². The second kappa shape index (κ2) is 9.49. The number of amides is 1. The Morgan fingerprint density at radius 3 is 2.62 bits per heavy atom. The maximum atomic E-state index is 12.3. The van der Waals surface area contributed by atoms with Crippen LogP contribution < -0.4 is 20.1 Å². The highest BCUT2D eigenvalue weighted by atomic mass is 16.5. The number of methoxy groups -OCH3 is 2. The number of carbonyl (C=O) groups is 1. The van der Waals surface area contributed by atoms with Crippen LogP contribution in [0.15, 0.2) is 18.2 Å². The molecule has 0 bridgehead atoms. The van der Waals surface area contributed by atoms with E-state index in [0.717, 1.165) is 38.3 Å². The van der Waals surface area contributed by atoms with Crippen LogP contribution in [0.4, 0.5) is 0 Å². The quantitative estimate of drug-likeness (QED) is 0.739. The molecule has 0 aliphatic carbocycles. The highest BCUT2D eigenvalue weighted by Gasteiger charge is 2.15. The fraction of sp³-hybridized carbons (Fsp3) is 0.611. The molecule has 2 rings (SSSR count). The molecule has 2 N–H and O–H groups in total. The Bertz CT molecular complexity index is 530. The summed E-state index contributed by atoms with van der Waals surface area (Å²) in [6.45, 7) is 7.74. The molecule has 0 saturated carbocycles. The minimum Gasteiger partial charge on any atom is -0.493 e. The van der Waals surface area contributed by atoms with Crippen LogP contribution in [0, 0.1) is 5.92 Å². The Hall–Kier alpha value is -1.79. The topological polar surface area (TPSA) is 62.8 Å². The summed E-state index contributed by atoms with van der Waals surface area (Å²) in [6.07, 6.45) is 0.680. The first-order valence-electron chi connectivity index (χ1n) is 8.55. The van der Waals surface area contributed by atoms with Gasteiger partial charge in [0.2, 0.25) is 5.91 Å². The van der Waals surface area contributed by atoms with Crippen molar-refractivity contribution >= 4 is 5.91 Å². The number of hydrogen-bond acceptors (Lipinski definition) is 5. The van der Waals surface area contributed by atoms with Gasteiger partial charge in [0.05, 0.1) is 14.2 Å². The van der Waals surface area contributed by atoms with Gasteiger partial charge in [0.15, 0.2) is 11.5 Å². The normalized spacial score (nSPS) is 16.5. The molecule has 1 fully saturated rings. The van der Waals surface area contributed by atoms with Crippen LogP contribution in [0.5, 0.6) is 11.5 Å². The molecule has 1 aromatic rings. The van der Waals surface area contributed by atoms with Crippen LogP contribution in [0.25, 0.3) is 0 Å². The SMILES string of the molecule is COc1ccc(CC(C)C(=O)NCCN2CCNCC2)cc1OC. The summed E-state index contributed by atoms with van der Waals surface area (Å²) in [6, 6.07) is 5.79. The molecule has 1 aromatic carbocycles. The lowest BCUT2D eigenvalue weighted by molar-refractivity contribution is -0.124. The van der Waals surface area contributed by atoms with E-state index in [4.69, 9.17) is 9.47 Å². The van der Waals surface area contributed by atoms with Gasteiger partial charge in [0.1, 0.15) is 0 Å². The standard InChI is InChI=1S/C18H29N3O3/c1-14(12-15-4-5-16(23-2)17(13-15)24-3)18(22)20-8-11-21-9-6-19-7-10-21/h4-5,13-14,19H,6-12H2,1-3H3,(H,20,22). The van der Waals surface area contributed by atoms with Gasteiger partial charge in [-0.05, 0) is 24.1 Å². The number of nitrogens with one attached hydrogen (secondary N) is 2. The van der Waals surface area contributed by atoms with E-state index in [1.165, 1.54) is 0 Å². The molecule has 6 heteroatoms. The molecular formula is C18H29N3O3. The van der Waals surface area contributed by atoms with Crippen molar-refractivity contribution in [3.05, 3.63) is 23.8 Å². The Morgan fingerprint density at radius 2 is 1.96 bits per heavy atom. The Labute approximate surface area is 144 Å². The van der Waals surface area contributed by atoms with Crippen molar-refractivity contribution < 1.29 is 14.3 Å². The maximum absolute atomic E-state index is 12.3. The lowest BCUT2D eigenvalue weighted by Crippen LogP contribution is -2.46. The largest absolute Gasteiger partial charge is 0.493 e. The lowest BCUT2D eigenvalue weighted by atomic mass is 10.00. The Morgan fingerprint density at radius 1 is 1.25 bits per heavy atom. The van der Waals surface area contributed by atoms with E-state index in [0.29, 0.717) is 24.5 Å². The number of carbonyl (C=O) groups excluding carboxylic acids is 1. The van der Waals surface area contributed by atoms with Crippen LogP contribution >= 0.6 is 0 Å². The summed E-state index contributed by atoms with van der Waals surface area (Å²) in [4.78, 5) is 14.6. The minimum atomic E-state index is -0.0777. The van der Waals surface area contributed by atoms with E-state index in [2.05, 4.69) is 15.5 Å². The Kier molecular flexibility index (Phi) is 7.34. The van der Waals surface area contributed by atoms with Gasteiger partial charge >= 0.3 is 0 Å². The molecule has 1 aliphatic rings. The van der Waals surface area contributed by atoms with E-state index in [1.807, 2.05) is 25.1 Å². The fourth-order valence-electron chi connectivity index (χ4n) is 2.90. The third-order valence-electron chi connectivity index (χ3n) is 4.37. The van der Waals surface area contributed by atoms with Gasteiger partial charge < -0.3 is 20.1 Å². The summed E-state index contributed by atoms with van der Waals surface area (Å²) in [7, 11) is 3.24. The zero-order valence-corrected chi connectivity index (χ0v) is 14.9. The van der Waals surface area contributed by atoms with Crippen LogP contribution in [0.3, 0.4) is 0 Å². The van der Waals surface area contributed by atoms with Gasteiger partial charge in [-0.25, -0.2) is 0 Å². The van der Waals surface area contributed by atoms with Crippen LogP contribution in [-0.4, -0.2) is 64.3 Å². The van der Waals surface area contributed by atoms with Crippen molar-refractivity contribution in [2.75, 3.05) is 53.5 Å². The van der Waals surface area contributed by atoms with Crippen LogP contribution in [0.1, 0.15) is 12.5 Å². The first kappa shape index (κ1) is 18.5. The molecule has 1 unspecified atom stereocenters. The second-order valence-electron chi connectivity index (χ2n) is 6.18. The molecule has 1 heterocycles. The van der Waals surface area contributed by atoms with Crippen molar-refractivity contribution in [2.45, 2.75) is 13.3 Å². The fourth-order valence-corrected chi connectivity index (χ4v) is 2.90. The van der Waals surface area contributed by atoms with Crippen LogP contribution in [-0.2, 0) is 11.2 Å². The lowest BCUT2D eigenvalue weighted by Gasteiger charge is -2.27. The molecule has 1 aliphatic heterocycles. The van der Waals surface area contributed by atoms with Crippen LogP contribution in [0.2, 0.25) is 0 Å². The average Bonchev–Trinajstić information content (AvgIpc) is 2.62. The highest BCUT2D eigenvalue weighted by Crippen LogP contribution is 2.28. The number of nitrogens with zero attached hydrogens (tertiary/aromatic N) is 1. The Balaban J connectivity index is 1.78. The smallest absolute Gasteiger partial charge is 0.223 e. The summed E-state index contributed by atoms with van der Waals surface area (Å²) < 4.78 is 10.6. The summed E-state index contributed by atoms with van der Waals surface area (Å²) in [5.74, 6) is 1.42. The molecule has 1 atom stereocenters. The van der Waals surface area contributed by atoms with Gasteiger partial charge in [0, 0.05) is 45.2 Å². The number of rotatable bonds is 8. The summed E-state index contributed by atoms with van der Waals surface area (Å²) in [5.41, 5.74) is 1.07. The molecular weight excluding hydrogens is 306 g/mol. The van der Waals surface area contributed by atoms with Crippen molar-refractivity contribution in [3.8, 4) is 11.5 Å². The molecule has 0 aromatic heterocycles. The van der Waals surface area contributed by atoms with E-state index in [1.54, 1.807) is 14.2 Å². The predicted octanol–water partition coefficient (Wildman–Crippen LogP) is 0.904. The average molecular weight is 335 g/mol. The van der Waals surface area contributed by atoms with Crippen molar-refractivity contribution in [1.29, 1.82) is 0 Å². The molecule has 0 spiro atoms. The first-order chi connectivity index (χ1) is 11.6. The number of hydrogen-bond donors (Lipinski definition) is 2. The van der Waals surface area contributed by atoms with E-state index in [9.17, 15) is 4.79 Å². The van der Waals surface area contributed by atoms with Gasteiger partial charge in [-0.15, -0.1) is 0 Å². The zero-order valence-electron chi connectivity index (χ0n) is 14.9. The van der Waals surface area contributed by atoms with Crippen molar-refractivity contribution in [3.63, 3.8) is 0 Å².